The Morgan fingerprint density at radius 1 is 1.17 bits per heavy atom. The molecule has 1 saturated heterocycles. The summed E-state index contributed by atoms with van der Waals surface area (Å²) in [4.78, 5) is 6.74. The molecular formula is C21H27IN6O. The highest BCUT2D eigenvalue weighted by molar-refractivity contribution is 14.0. The molecule has 3 heterocycles. The predicted octanol–water partition coefficient (Wildman–Crippen LogP) is 2.96. The highest BCUT2D eigenvalue weighted by atomic mass is 127. The maximum atomic E-state index is 5.92. The van der Waals surface area contributed by atoms with Gasteiger partial charge in [0.25, 0.3) is 0 Å². The van der Waals surface area contributed by atoms with Crippen LogP contribution in [0.1, 0.15) is 17.8 Å². The number of rotatable bonds is 6. The maximum absolute atomic E-state index is 5.92. The summed E-state index contributed by atoms with van der Waals surface area (Å²) < 4.78 is 7.91. The van der Waals surface area contributed by atoms with Crippen LogP contribution in [0, 0.1) is 5.92 Å². The van der Waals surface area contributed by atoms with Gasteiger partial charge in [-0.2, -0.15) is 0 Å². The van der Waals surface area contributed by atoms with Gasteiger partial charge in [0.1, 0.15) is 0 Å². The summed E-state index contributed by atoms with van der Waals surface area (Å²) in [6, 6.07) is 16.2. The molecule has 0 radical (unpaired) electrons. The summed E-state index contributed by atoms with van der Waals surface area (Å²) in [6.45, 7) is 3.97. The van der Waals surface area contributed by atoms with Crippen LogP contribution in [0.25, 0.3) is 5.65 Å². The average Bonchev–Trinajstić information content (AvgIpc) is 3.37. The summed E-state index contributed by atoms with van der Waals surface area (Å²) in [7, 11) is 1.82. The van der Waals surface area contributed by atoms with Gasteiger partial charge in [0, 0.05) is 32.3 Å². The van der Waals surface area contributed by atoms with Crippen molar-refractivity contribution in [3.8, 4) is 0 Å². The van der Waals surface area contributed by atoms with E-state index in [0.29, 0.717) is 19.1 Å². The predicted molar refractivity (Wildman–Crippen MR) is 124 cm³/mol. The summed E-state index contributed by atoms with van der Waals surface area (Å²) in [5, 5.41) is 11.9. The molecule has 4 rings (SSSR count). The van der Waals surface area contributed by atoms with E-state index in [0.717, 1.165) is 43.5 Å². The van der Waals surface area contributed by atoms with Gasteiger partial charge in [-0.3, -0.25) is 9.39 Å². The first-order chi connectivity index (χ1) is 13.8. The normalized spacial score (nSPS) is 16.8. The molecule has 1 aliphatic heterocycles. The molecule has 1 aromatic carbocycles. The quantitative estimate of drug-likeness (QED) is 0.317. The molecule has 8 heteroatoms. The molecule has 1 N–H and O–H groups in total. The Hall–Kier alpha value is -2.20. The first-order valence-electron chi connectivity index (χ1n) is 9.69. The minimum absolute atomic E-state index is 0. The zero-order valence-corrected chi connectivity index (χ0v) is 18.9. The SMILES string of the molecule is CN=C(NCc1nnc2ccccn12)N1CCC(COCc2ccccc2)C1.I. The van der Waals surface area contributed by atoms with E-state index in [1.54, 1.807) is 0 Å². The number of hydrogen-bond acceptors (Lipinski definition) is 4. The second kappa shape index (κ2) is 10.5. The van der Waals surface area contributed by atoms with Crippen LogP contribution >= 0.6 is 24.0 Å². The zero-order valence-electron chi connectivity index (χ0n) is 16.6. The molecule has 7 nitrogen and oxygen atoms in total. The molecule has 0 amide bonds. The molecule has 29 heavy (non-hydrogen) atoms. The lowest BCUT2D eigenvalue weighted by Gasteiger charge is -2.21. The second-order valence-electron chi connectivity index (χ2n) is 7.05. The number of fused-ring (bicyclic) bond motifs is 1. The molecule has 2 aromatic heterocycles. The number of likely N-dealkylation sites (tertiary alicyclic amines) is 1. The highest BCUT2D eigenvalue weighted by Gasteiger charge is 2.25. The van der Waals surface area contributed by atoms with Crippen molar-refractivity contribution in [1.82, 2.24) is 24.8 Å². The van der Waals surface area contributed by atoms with E-state index >= 15 is 0 Å². The first kappa shape index (κ1) is 21.5. The largest absolute Gasteiger partial charge is 0.376 e. The number of halogens is 1. The second-order valence-corrected chi connectivity index (χ2v) is 7.05. The van der Waals surface area contributed by atoms with Crippen LogP contribution in [-0.2, 0) is 17.9 Å². The van der Waals surface area contributed by atoms with Gasteiger partial charge in [0.2, 0.25) is 0 Å². The van der Waals surface area contributed by atoms with Crippen LogP contribution < -0.4 is 5.32 Å². The van der Waals surface area contributed by atoms with Crippen molar-refractivity contribution in [3.05, 3.63) is 66.1 Å². The Bertz CT molecular complexity index is 929. The monoisotopic (exact) mass is 506 g/mol. The van der Waals surface area contributed by atoms with Crippen molar-refractivity contribution in [2.75, 3.05) is 26.7 Å². The van der Waals surface area contributed by atoms with E-state index in [9.17, 15) is 0 Å². The fraction of sp³-hybridized carbons (Fsp3) is 0.381. The van der Waals surface area contributed by atoms with Crippen molar-refractivity contribution in [2.24, 2.45) is 10.9 Å². The average molecular weight is 506 g/mol. The molecule has 0 bridgehead atoms. The lowest BCUT2D eigenvalue weighted by atomic mass is 10.1. The molecule has 0 aliphatic carbocycles. The van der Waals surface area contributed by atoms with Crippen molar-refractivity contribution in [3.63, 3.8) is 0 Å². The van der Waals surface area contributed by atoms with Crippen molar-refractivity contribution in [2.45, 2.75) is 19.6 Å². The van der Waals surface area contributed by atoms with Crippen molar-refractivity contribution in [1.29, 1.82) is 0 Å². The minimum Gasteiger partial charge on any atom is -0.376 e. The van der Waals surface area contributed by atoms with Gasteiger partial charge < -0.3 is 15.0 Å². The van der Waals surface area contributed by atoms with Crippen LogP contribution in [0.2, 0.25) is 0 Å². The minimum atomic E-state index is 0. The van der Waals surface area contributed by atoms with E-state index < -0.39 is 0 Å². The van der Waals surface area contributed by atoms with Gasteiger partial charge in [-0.15, -0.1) is 34.2 Å². The van der Waals surface area contributed by atoms with Crippen LogP contribution in [0.4, 0.5) is 0 Å². The molecule has 1 unspecified atom stereocenters. The number of nitrogens with zero attached hydrogens (tertiary/aromatic N) is 5. The number of nitrogens with one attached hydrogen (secondary N) is 1. The summed E-state index contributed by atoms with van der Waals surface area (Å²) in [5.41, 5.74) is 2.07. The van der Waals surface area contributed by atoms with Gasteiger partial charge in [-0.25, -0.2) is 0 Å². The lowest BCUT2D eigenvalue weighted by molar-refractivity contribution is 0.0906. The van der Waals surface area contributed by atoms with Crippen LogP contribution in [0.5, 0.6) is 0 Å². The van der Waals surface area contributed by atoms with Gasteiger partial charge in [-0.05, 0) is 24.1 Å². The van der Waals surface area contributed by atoms with Crippen LogP contribution in [0.15, 0.2) is 59.7 Å². The Morgan fingerprint density at radius 3 is 2.83 bits per heavy atom. The van der Waals surface area contributed by atoms with Crippen molar-refractivity contribution < 1.29 is 4.74 Å². The molecular weight excluding hydrogens is 479 g/mol. The summed E-state index contributed by atoms with van der Waals surface area (Å²) >= 11 is 0. The number of hydrogen-bond donors (Lipinski definition) is 1. The third-order valence-electron chi connectivity index (χ3n) is 5.05. The zero-order chi connectivity index (χ0) is 19.2. The van der Waals surface area contributed by atoms with E-state index in [-0.39, 0.29) is 24.0 Å². The summed E-state index contributed by atoms with van der Waals surface area (Å²) in [5.74, 6) is 2.30. The Kier molecular flexibility index (Phi) is 7.82. The Labute approximate surface area is 188 Å². The Morgan fingerprint density at radius 2 is 2.00 bits per heavy atom. The summed E-state index contributed by atoms with van der Waals surface area (Å²) in [6.07, 6.45) is 3.09. The fourth-order valence-corrected chi connectivity index (χ4v) is 3.58. The van der Waals surface area contributed by atoms with E-state index in [2.05, 4.69) is 37.5 Å². The molecule has 0 spiro atoms. The van der Waals surface area contributed by atoms with Crippen LogP contribution in [-0.4, -0.2) is 52.2 Å². The highest BCUT2D eigenvalue weighted by Crippen LogP contribution is 2.17. The molecule has 0 saturated carbocycles. The van der Waals surface area contributed by atoms with Crippen LogP contribution in [0.3, 0.4) is 0 Å². The number of ether oxygens (including phenoxy) is 1. The van der Waals surface area contributed by atoms with Gasteiger partial charge in [0.15, 0.2) is 17.4 Å². The number of aromatic nitrogens is 3. The standard InChI is InChI=1S/C21H26N6O.HI/c1-22-21(23-13-20-25-24-19-9-5-6-11-27(19)20)26-12-10-18(14-26)16-28-15-17-7-3-2-4-8-17;/h2-9,11,18H,10,12-16H2,1H3,(H,22,23);1H. The van der Waals surface area contributed by atoms with Gasteiger partial charge in [0.05, 0.1) is 19.8 Å². The molecule has 1 fully saturated rings. The lowest BCUT2D eigenvalue weighted by Crippen LogP contribution is -2.40. The Balaban J connectivity index is 0.00000240. The van der Waals surface area contributed by atoms with Gasteiger partial charge >= 0.3 is 0 Å². The fourth-order valence-electron chi connectivity index (χ4n) is 3.58. The number of pyridine rings is 1. The molecule has 154 valence electrons. The topological polar surface area (TPSA) is 67.0 Å². The number of guanidine groups is 1. The van der Waals surface area contributed by atoms with E-state index in [4.69, 9.17) is 4.74 Å². The van der Waals surface area contributed by atoms with Gasteiger partial charge in [-0.1, -0.05) is 36.4 Å². The number of aliphatic imine (C=N–C) groups is 1. The first-order valence-corrected chi connectivity index (χ1v) is 9.69. The maximum Gasteiger partial charge on any atom is 0.194 e. The smallest absolute Gasteiger partial charge is 0.194 e. The third kappa shape index (κ3) is 5.45. The van der Waals surface area contributed by atoms with E-state index in [1.165, 1.54) is 5.56 Å². The number of benzene rings is 1. The third-order valence-corrected chi connectivity index (χ3v) is 5.05. The molecule has 3 aromatic rings. The van der Waals surface area contributed by atoms with E-state index in [1.807, 2.05) is 54.0 Å². The molecule has 1 aliphatic rings. The van der Waals surface area contributed by atoms with Crippen molar-refractivity contribution >= 4 is 35.6 Å². The molecule has 1 atom stereocenters.